The molecule has 0 spiro atoms. The number of hydrogen-bond acceptors (Lipinski definition) is 1. The van der Waals surface area contributed by atoms with Crippen molar-refractivity contribution in [2.45, 2.75) is 222 Å². The van der Waals surface area contributed by atoms with Crippen molar-refractivity contribution >= 4 is 101 Å². The van der Waals surface area contributed by atoms with Gasteiger partial charge in [0.05, 0.1) is 43.1 Å². The molecule has 0 bridgehead atoms. The zero-order chi connectivity index (χ0) is 68.5. The van der Waals surface area contributed by atoms with Gasteiger partial charge in [-0.1, -0.05) is 166 Å². The minimum Gasteiger partial charge on any atom is -0.813 e. The van der Waals surface area contributed by atoms with Gasteiger partial charge < -0.3 is 13.5 Å². The summed E-state index contributed by atoms with van der Waals surface area (Å²) < 4.78 is 0. The van der Waals surface area contributed by atoms with Crippen LogP contribution in [0, 0.1) is 55.4 Å². The first kappa shape index (κ1) is 98.3. The third kappa shape index (κ3) is 31.3. The normalized spacial score (nSPS) is 8.62. The van der Waals surface area contributed by atoms with Gasteiger partial charge in [0.15, 0.2) is 45.6 Å². The molecule has 0 aliphatic heterocycles. The Bertz CT molecular complexity index is 3020. The Kier molecular flexibility index (Phi) is 64.8. The van der Waals surface area contributed by atoms with E-state index in [1.165, 1.54) is 133 Å². The van der Waals surface area contributed by atoms with Crippen molar-refractivity contribution in [3.05, 3.63) is 191 Å². The smallest absolute Gasteiger partial charge is 0.813 e. The van der Waals surface area contributed by atoms with Crippen LogP contribution in [0.1, 0.15) is 212 Å². The van der Waals surface area contributed by atoms with E-state index < -0.39 is 0 Å². The monoisotopic (exact) mass is 1250 g/mol. The molecule has 0 fully saturated rings. The first-order valence-corrected chi connectivity index (χ1v) is 33.9. The third-order valence-electron chi connectivity index (χ3n) is 11.8. The summed E-state index contributed by atoms with van der Waals surface area (Å²) in [6, 6.07) is 51.2. The third-order valence-corrected chi connectivity index (χ3v) is 11.8. The van der Waals surface area contributed by atoms with Crippen LogP contribution in [-0.2, 0) is 13.5 Å². The van der Waals surface area contributed by atoms with E-state index in [2.05, 4.69) is 241 Å². The van der Waals surface area contributed by atoms with Crippen molar-refractivity contribution in [2.24, 2.45) is 0 Å². The zero-order valence-corrected chi connectivity index (χ0v) is 65.2. The van der Waals surface area contributed by atoms with Gasteiger partial charge in [0, 0.05) is 104 Å². The van der Waals surface area contributed by atoms with Crippen molar-refractivity contribution in [1.82, 2.24) is 0 Å². The summed E-state index contributed by atoms with van der Waals surface area (Å²) >= 11 is 0. The average Bonchev–Trinajstić information content (AvgIpc) is 1.89. The zero-order valence-electron chi connectivity index (χ0n) is 64.3. The first-order valence-electron chi connectivity index (χ1n) is 33.9. The molecule has 0 aliphatic rings. The maximum atomic E-state index is 3.43. The molecule has 488 valence electrons. The molecule has 0 saturated heterocycles. The predicted octanol–water partition coefficient (Wildman–Crippen LogP) is 15.0. The first-order chi connectivity index (χ1) is 42.9. The second-order valence-electron chi connectivity index (χ2n) is 17.1. The molecule has 0 radical (unpaired) electrons. The molecule has 4 aromatic carbocycles. The molecule has 0 saturated carbocycles. The summed E-state index contributed by atoms with van der Waals surface area (Å²) in [6.45, 7) is 64.6. The minimum absolute atomic E-state index is 0. The molecular weight excluding hydrogens is 1120 g/mol. The second kappa shape index (κ2) is 60.0. The number of aryl methyl sites for hydroxylation is 8. The maximum Gasteiger partial charge on any atom is 1.00 e. The molecular formula is C80H129Li2N8S+9. The van der Waals surface area contributed by atoms with Crippen LogP contribution in [0.2, 0.25) is 0 Å². The van der Waals surface area contributed by atoms with Crippen LogP contribution in [-0.4, -0.2) is 0 Å². The molecule has 8 aromatic heterocycles. The Hall–Kier alpha value is -6.30. The van der Waals surface area contributed by atoms with Crippen LogP contribution in [0.25, 0.3) is 87.2 Å². The number of hydrogen-bond donors (Lipinski definition) is 0. The average molecular weight is 1250 g/mol. The largest absolute Gasteiger partial charge is 1.00 e. The van der Waals surface area contributed by atoms with Crippen LogP contribution >= 0.6 is 0 Å². The van der Waals surface area contributed by atoms with E-state index in [1.807, 2.05) is 166 Å². The van der Waals surface area contributed by atoms with E-state index >= 15 is 0 Å². The van der Waals surface area contributed by atoms with Crippen molar-refractivity contribution < 1.29 is 77.6 Å². The number of nitrogens with one attached hydrogen (secondary N) is 8. The molecule has 91 heavy (non-hydrogen) atoms. The van der Waals surface area contributed by atoms with Gasteiger partial charge in [0.2, 0.25) is 0 Å². The summed E-state index contributed by atoms with van der Waals surface area (Å²) in [5.74, 6) is 0. The molecule has 11 heteroatoms. The topological polar surface area (TPSA) is 113 Å². The SMILES string of the molecule is CC.CC.CC.CC.CC.CC.CC.CC.CC.CC.CC.CC.Cc1ccc2ccc3ccc(C)[nH+]c3c2[nH+]1.Cc1ccc2ccc3ccc(C)[nH+]c3c2[nH+]1.Cc1ccc2ccc3ccc(C)[nH+]c3c2[nH+]1.Cc1ccc2ccc3ccc(C)[nH+]c3c2[nH+]1.[Li+].[Li+].[SH-]. The van der Waals surface area contributed by atoms with Gasteiger partial charge in [0.1, 0.15) is 0 Å². The van der Waals surface area contributed by atoms with Crippen molar-refractivity contribution in [1.29, 1.82) is 0 Å². The number of pyridine rings is 8. The predicted molar refractivity (Wildman–Crippen MR) is 401 cm³/mol. The molecule has 12 aromatic rings. The molecule has 0 amide bonds. The van der Waals surface area contributed by atoms with Crippen LogP contribution < -0.4 is 77.6 Å². The summed E-state index contributed by atoms with van der Waals surface area (Å²) in [7, 11) is 0. The molecule has 8 N–H and O–H groups in total. The van der Waals surface area contributed by atoms with Crippen LogP contribution in [0.4, 0.5) is 0 Å². The molecule has 0 unspecified atom stereocenters. The second-order valence-corrected chi connectivity index (χ2v) is 17.1. The standard InChI is InChI=1S/4C14H12N2.12C2H6.2Li.H2S/c4*1-9-3-5-11-7-8-12-6-4-10(2)16-14(12)13(11)15-9;12*1-2;;;/h4*3-8H,1-2H3;12*1-2H3;;;1H2/q;;;;;;;;;;;;;;;;2*+1;/p+7. The molecule has 8 heterocycles. The van der Waals surface area contributed by atoms with Gasteiger partial charge >= 0.3 is 37.7 Å². The fraction of sp³-hybridized carbons (Fsp3) is 0.400. The van der Waals surface area contributed by atoms with Gasteiger partial charge in [-0.15, -0.1) is 0 Å². The van der Waals surface area contributed by atoms with E-state index in [0.717, 1.165) is 0 Å². The minimum atomic E-state index is 0. The van der Waals surface area contributed by atoms with Gasteiger partial charge in [-0.3, -0.25) is 0 Å². The van der Waals surface area contributed by atoms with Crippen LogP contribution in [0.3, 0.4) is 0 Å². The van der Waals surface area contributed by atoms with E-state index in [4.69, 9.17) is 0 Å². The quantitative estimate of drug-likeness (QED) is 0.0640. The number of H-pyrrole nitrogens is 8. The molecule has 0 aliphatic carbocycles. The number of aromatic nitrogens is 8. The van der Waals surface area contributed by atoms with Crippen LogP contribution in [0.5, 0.6) is 0 Å². The summed E-state index contributed by atoms with van der Waals surface area (Å²) in [5.41, 5.74) is 18.9. The Morgan fingerprint density at radius 2 is 0.209 bits per heavy atom. The fourth-order valence-corrected chi connectivity index (χ4v) is 8.36. The molecule has 12 rings (SSSR count). The van der Waals surface area contributed by atoms with Gasteiger partial charge in [-0.2, -0.15) is 0 Å². The van der Waals surface area contributed by atoms with Gasteiger partial charge in [-0.05, 0) is 97.1 Å². The van der Waals surface area contributed by atoms with Gasteiger partial charge in [0.25, 0.3) is 44.1 Å². The number of benzene rings is 4. The van der Waals surface area contributed by atoms with E-state index in [-0.39, 0.29) is 51.2 Å². The Morgan fingerprint density at radius 3 is 0.286 bits per heavy atom. The van der Waals surface area contributed by atoms with E-state index in [1.54, 1.807) is 0 Å². The van der Waals surface area contributed by atoms with Crippen molar-refractivity contribution in [2.75, 3.05) is 0 Å². The van der Waals surface area contributed by atoms with E-state index in [0.29, 0.717) is 0 Å². The Balaban J connectivity index is -0.000000184. The Labute approximate surface area is 586 Å². The summed E-state index contributed by atoms with van der Waals surface area (Å²) in [6.07, 6.45) is 0. The van der Waals surface area contributed by atoms with Gasteiger partial charge in [-0.25, -0.2) is 39.9 Å². The Morgan fingerprint density at radius 1 is 0.143 bits per heavy atom. The number of fused-ring (bicyclic) bond motifs is 12. The summed E-state index contributed by atoms with van der Waals surface area (Å²) in [5, 5.41) is 9.89. The van der Waals surface area contributed by atoms with E-state index in [9.17, 15) is 0 Å². The van der Waals surface area contributed by atoms with Crippen molar-refractivity contribution in [3.63, 3.8) is 0 Å². The fourth-order valence-electron chi connectivity index (χ4n) is 8.36. The number of rotatable bonds is 0. The number of aromatic amines is 8. The van der Waals surface area contributed by atoms with Crippen molar-refractivity contribution in [3.8, 4) is 0 Å². The molecule has 0 atom stereocenters. The summed E-state index contributed by atoms with van der Waals surface area (Å²) in [4.78, 5) is 27.4. The molecule has 8 nitrogen and oxygen atoms in total. The van der Waals surface area contributed by atoms with Crippen LogP contribution in [0.15, 0.2) is 146 Å². The maximum absolute atomic E-state index is 3.43. The number of thiol groups is 1.